The molecule has 0 amide bonds. The predicted molar refractivity (Wildman–Crippen MR) is 72.1 cm³/mol. The molecule has 3 rings (SSSR count). The summed E-state index contributed by atoms with van der Waals surface area (Å²) in [6.07, 6.45) is 7.33. The van der Waals surface area contributed by atoms with E-state index in [0.717, 1.165) is 16.9 Å². The molecule has 0 aromatic heterocycles. The minimum Gasteiger partial charge on any atom is -0.307 e. The monoisotopic (exact) mass is 247 g/mol. The van der Waals surface area contributed by atoms with E-state index in [4.69, 9.17) is 11.6 Å². The quantitative estimate of drug-likeness (QED) is 0.798. The molecule has 17 heavy (non-hydrogen) atoms. The third kappa shape index (κ3) is 2.14. The van der Waals surface area contributed by atoms with E-state index in [-0.39, 0.29) is 0 Å². The smallest absolute Gasteiger partial charge is 0.0409 e. The van der Waals surface area contributed by atoms with Crippen molar-refractivity contribution in [3.05, 3.63) is 47.0 Å². The largest absolute Gasteiger partial charge is 0.307 e. The van der Waals surface area contributed by atoms with Gasteiger partial charge in [0.25, 0.3) is 0 Å². The second-order valence-corrected chi connectivity index (χ2v) is 5.72. The molecule has 0 heterocycles. The summed E-state index contributed by atoms with van der Waals surface area (Å²) in [6, 6.07) is 9.19. The summed E-state index contributed by atoms with van der Waals surface area (Å²) < 4.78 is 0. The highest BCUT2D eigenvalue weighted by Crippen LogP contribution is 2.43. The van der Waals surface area contributed by atoms with E-state index in [1.54, 1.807) is 0 Å². The van der Waals surface area contributed by atoms with Gasteiger partial charge in [0, 0.05) is 17.1 Å². The van der Waals surface area contributed by atoms with Crippen LogP contribution in [0, 0.1) is 11.8 Å². The molecule has 0 radical (unpaired) electrons. The predicted octanol–water partition coefficient (Wildman–Crippen LogP) is 3.96. The van der Waals surface area contributed by atoms with Crippen molar-refractivity contribution in [2.24, 2.45) is 11.8 Å². The first-order valence-corrected chi connectivity index (χ1v) is 6.80. The molecule has 4 atom stereocenters. The van der Waals surface area contributed by atoms with Crippen LogP contribution in [0.15, 0.2) is 36.4 Å². The molecule has 0 bridgehead atoms. The van der Waals surface area contributed by atoms with Crippen LogP contribution in [0.3, 0.4) is 0 Å². The molecule has 2 heteroatoms. The van der Waals surface area contributed by atoms with Gasteiger partial charge in [0.15, 0.2) is 0 Å². The first-order chi connectivity index (χ1) is 8.24. The molecule has 1 saturated carbocycles. The summed E-state index contributed by atoms with van der Waals surface area (Å²) in [5.41, 5.74) is 1.28. The highest BCUT2D eigenvalue weighted by Gasteiger charge is 2.41. The van der Waals surface area contributed by atoms with Crippen LogP contribution < -0.4 is 5.32 Å². The minimum atomic E-state index is 0.383. The fourth-order valence-corrected chi connectivity index (χ4v) is 3.30. The van der Waals surface area contributed by atoms with Crippen molar-refractivity contribution in [2.45, 2.75) is 31.8 Å². The first kappa shape index (κ1) is 11.3. The SMILES string of the molecule is CC(NC1CC2CC=CC21)c1cccc(Cl)c1. The molecule has 1 aromatic rings. The molecule has 0 spiro atoms. The molecule has 1 aromatic carbocycles. The summed E-state index contributed by atoms with van der Waals surface area (Å²) in [4.78, 5) is 0. The van der Waals surface area contributed by atoms with Crippen molar-refractivity contribution >= 4 is 11.6 Å². The Hall–Kier alpha value is -0.790. The van der Waals surface area contributed by atoms with Gasteiger partial charge in [-0.2, -0.15) is 0 Å². The van der Waals surface area contributed by atoms with Gasteiger partial charge in [-0.3, -0.25) is 0 Å². The fraction of sp³-hybridized carbons (Fsp3) is 0.467. The number of nitrogens with one attached hydrogen (secondary N) is 1. The number of fused-ring (bicyclic) bond motifs is 1. The highest BCUT2D eigenvalue weighted by atomic mass is 35.5. The van der Waals surface area contributed by atoms with Crippen molar-refractivity contribution in [3.63, 3.8) is 0 Å². The topological polar surface area (TPSA) is 12.0 Å². The van der Waals surface area contributed by atoms with E-state index >= 15 is 0 Å². The average molecular weight is 248 g/mol. The number of allylic oxidation sites excluding steroid dienone is 1. The number of hydrogen-bond donors (Lipinski definition) is 1. The molecular formula is C15H18ClN. The molecule has 1 fully saturated rings. The van der Waals surface area contributed by atoms with Crippen LogP contribution in [0.1, 0.15) is 31.4 Å². The third-order valence-corrected chi connectivity index (χ3v) is 4.41. The molecule has 0 saturated heterocycles. The van der Waals surface area contributed by atoms with E-state index in [2.05, 4.69) is 36.5 Å². The Labute approximate surface area is 108 Å². The lowest BCUT2D eigenvalue weighted by Crippen LogP contribution is -2.48. The summed E-state index contributed by atoms with van der Waals surface area (Å²) in [7, 11) is 0. The second-order valence-electron chi connectivity index (χ2n) is 5.29. The zero-order valence-corrected chi connectivity index (χ0v) is 10.8. The summed E-state index contributed by atoms with van der Waals surface area (Å²) >= 11 is 6.02. The molecular weight excluding hydrogens is 230 g/mol. The molecule has 2 aliphatic carbocycles. The minimum absolute atomic E-state index is 0.383. The number of benzene rings is 1. The number of rotatable bonds is 3. The van der Waals surface area contributed by atoms with Crippen molar-refractivity contribution < 1.29 is 0 Å². The van der Waals surface area contributed by atoms with Gasteiger partial charge in [0.05, 0.1) is 0 Å². The molecule has 1 N–H and O–H groups in total. The lowest BCUT2D eigenvalue weighted by Gasteiger charge is -2.42. The van der Waals surface area contributed by atoms with Crippen LogP contribution in [0.4, 0.5) is 0 Å². The van der Waals surface area contributed by atoms with Crippen LogP contribution in [0.2, 0.25) is 5.02 Å². The van der Waals surface area contributed by atoms with Crippen molar-refractivity contribution in [3.8, 4) is 0 Å². The second kappa shape index (κ2) is 4.47. The van der Waals surface area contributed by atoms with Crippen LogP contribution in [0.5, 0.6) is 0 Å². The first-order valence-electron chi connectivity index (χ1n) is 6.42. The van der Waals surface area contributed by atoms with Gasteiger partial charge < -0.3 is 5.32 Å². The molecule has 2 aliphatic rings. The van der Waals surface area contributed by atoms with Crippen LogP contribution in [-0.4, -0.2) is 6.04 Å². The van der Waals surface area contributed by atoms with E-state index < -0.39 is 0 Å². The van der Waals surface area contributed by atoms with Crippen molar-refractivity contribution in [1.82, 2.24) is 5.32 Å². The zero-order valence-electron chi connectivity index (χ0n) is 10.1. The normalized spacial score (nSPS) is 32.0. The maximum absolute atomic E-state index is 6.02. The summed E-state index contributed by atoms with van der Waals surface area (Å²) in [5, 5.41) is 4.54. The maximum atomic E-state index is 6.02. The van der Waals surface area contributed by atoms with Gasteiger partial charge >= 0.3 is 0 Å². The van der Waals surface area contributed by atoms with Gasteiger partial charge in [-0.1, -0.05) is 35.9 Å². The van der Waals surface area contributed by atoms with Crippen molar-refractivity contribution in [2.75, 3.05) is 0 Å². The standard InChI is InChI=1S/C15H18ClN/c1-10(11-4-2-6-13(16)8-11)17-15-9-12-5-3-7-14(12)15/h2-4,6-8,10,12,14-15,17H,5,9H2,1H3. The van der Waals surface area contributed by atoms with Crippen LogP contribution >= 0.6 is 11.6 Å². The Kier molecular flexibility index (Phi) is 2.97. The van der Waals surface area contributed by atoms with Gasteiger partial charge in [0.2, 0.25) is 0 Å². The Morgan fingerprint density at radius 3 is 3.06 bits per heavy atom. The fourth-order valence-electron chi connectivity index (χ4n) is 3.10. The third-order valence-electron chi connectivity index (χ3n) is 4.18. The Morgan fingerprint density at radius 1 is 1.41 bits per heavy atom. The molecule has 1 nitrogen and oxygen atoms in total. The zero-order chi connectivity index (χ0) is 11.8. The van der Waals surface area contributed by atoms with E-state index in [9.17, 15) is 0 Å². The Morgan fingerprint density at radius 2 is 2.29 bits per heavy atom. The number of hydrogen-bond acceptors (Lipinski definition) is 1. The van der Waals surface area contributed by atoms with Crippen molar-refractivity contribution in [1.29, 1.82) is 0 Å². The van der Waals surface area contributed by atoms with Crippen LogP contribution in [-0.2, 0) is 0 Å². The molecule has 4 unspecified atom stereocenters. The van der Waals surface area contributed by atoms with Gasteiger partial charge in [-0.05, 0) is 49.3 Å². The summed E-state index contributed by atoms with van der Waals surface area (Å²) in [6.45, 7) is 2.22. The highest BCUT2D eigenvalue weighted by molar-refractivity contribution is 6.30. The number of halogens is 1. The lowest BCUT2D eigenvalue weighted by molar-refractivity contribution is 0.152. The van der Waals surface area contributed by atoms with E-state index in [1.165, 1.54) is 18.4 Å². The maximum Gasteiger partial charge on any atom is 0.0409 e. The van der Waals surface area contributed by atoms with Gasteiger partial charge in [0.1, 0.15) is 0 Å². The van der Waals surface area contributed by atoms with E-state index in [1.807, 2.05) is 12.1 Å². The Bertz CT molecular complexity index is 440. The molecule has 90 valence electrons. The lowest BCUT2D eigenvalue weighted by atomic mass is 9.71. The molecule has 0 aliphatic heterocycles. The van der Waals surface area contributed by atoms with Gasteiger partial charge in [-0.15, -0.1) is 0 Å². The summed E-state index contributed by atoms with van der Waals surface area (Å²) in [5.74, 6) is 1.69. The van der Waals surface area contributed by atoms with Crippen LogP contribution in [0.25, 0.3) is 0 Å². The van der Waals surface area contributed by atoms with E-state index in [0.29, 0.717) is 12.1 Å². The van der Waals surface area contributed by atoms with Gasteiger partial charge in [-0.25, -0.2) is 0 Å². The average Bonchev–Trinajstić information content (AvgIpc) is 2.67. The Balaban J connectivity index is 1.64.